The molecule has 0 aromatic carbocycles. The molecular formula is C17H28N4. The van der Waals surface area contributed by atoms with E-state index in [9.17, 15) is 0 Å². The van der Waals surface area contributed by atoms with E-state index in [-0.39, 0.29) is 0 Å². The highest BCUT2D eigenvalue weighted by molar-refractivity contribution is 5.43. The van der Waals surface area contributed by atoms with Crippen molar-refractivity contribution in [3.8, 4) is 0 Å². The molecule has 1 aromatic rings. The molecule has 4 nitrogen and oxygen atoms in total. The highest BCUT2D eigenvalue weighted by Crippen LogP contribution is 2.29. The fourth-order valence-electron chi connectivity index (χ4n) is 2.97. The number of nitrogens with zero attached hydrogens (tertiary/aromatic N) is 3. The molecule has 0 spiro atoms. The molecule has 0 bridgehead atoms. The van der Waals surface area contributed by atoms with Gasteiger partial charge in [-0.15, -0.1) is 0 Å². The summed E-state index contributed by atoms with van der Waals surface area (Å²) in [5, 5.41) is 3.44. The molecule has 0 radical (unpaired) electrons. The Morgan fingerprint density at radius 3 is 2.67 bits per heavy atom. The van der Waals surface area contributed by atoms with Crippen molar-refractivity contribution in [2.45, 2.75) is 32.7 Å². The van der Waals surface area contributed by atoms with Gasteiger partial charge in [-0.1, -0.05) is 6.92 Å². The lowest BCUT2D eigenvalue weighted by Gasteiger charge is -2.34. The minimum atomic E-state index is 0.985. The van der Waals surface area contributed by atoms with Crippen LogP contribution in [0.5, 0.6) is 0 Å². The largest absolute Gasteiger partial charge is 0.385 e. The zero-order valence-electron chi connectivity index (χ0n) is 13.2. The number of anilines is 1. The molecule has 2 fully saturated rings. The van der Waals surface area contributed by atoms with Gasteiger partial charge >= 0.3 is 0 Å². The van der Waals surface area contributed by atoms with Gasteiger partial charge in [0.05, 0.1) is 5.69 Å². The van der Waals surface area contributed by atoms with E-state index in [4.69, 9.17) is 0 Å². The van der Waals surface area contributed by atoms with Crippen molar-refractivity contribution >= 4 is 5.69 Å². The zero-order chi connectivity index (χ0) is 14.5. The molecule has 1 saturated carbocycles. The van der Waals surface area contributed by atoms with Crippen molar-refractivity contribution in [1.82, 2.24) is 14.8 Å². The van der Waals surface area contributed by atoms with Crippen LogP contribution in [0.25, 0.3) is 0 Å². The third-order valence-electron chi connectivity index (χ3n) is 4.46. The zero-order valence-corrected chi connectivity index (χ0v) is 13.2. The van der Waals surface area contributed by atoms with Crippen LogP contribution in [-0.4, -0.2) is 54.1 Å². The van der Waals surface area contributed by atoms with Gasteiger partial charge in [0.15, 0.2) is 0 Å². The highest BCUT2D eigenvalue weighted by Gasteiger charge is 2.26. The van der Waals surface area contributed by atoms with Gasteiger partial charge in [0.2, 0.25) is 0 Å². The molecule has 2 aliphatic rings. The summed E-state index contributed by atoms with van der Waals surface area (Å²) in [4.78, 5) is 9.70. The fourth-order valence-corrected chi connectivity index (χ4v) is 2.97. The van der Waals surface area contributed by atoms with Crippen LogP contribution in [0.15, 0.2) is 18.3 Å². The molecule has 1 aromatic heterocycles. The topological polar surface area (TPSA) is 31.4 Å². The second kappa shape index (κ2) is 7.23. The summed E-state index contributed by atoms with van der Waals surface area (Å²) in [5.74, 6) is 1.01. The van der Waals surface area contributed by atoms with E-state index in [2.05, 4.69) is 39.2 Å². The summed E-state index contributed by atoms with van der Waals surface area (Å²) in [6.45, 7) is 10.4. The van der Waals surface area contributed by atoms with E-state index in [1.165, 1.54) is 56.9 Å². The third kappa shape index (κ3) is 4.68. The fraction of sp³-hybridized carbons (Fsp3) is 0.706. The predicted octanol–water partition coefficient (Wildman–Crippen LogP) is 2.43. The first kappa shape index (κ1) is 14.8. The van der Waals surface area contributed by atoms with E-state index in [0.29, 0.717) is 0 Å². The Bertz CT molecular complexity index is 436. The van der Waals surface area contributed by atoms with Gasteiger partial charge in [0.25, 0.3) is 0 Å². The lowest BCUT2D eigenvalue weighted by molar-refractivity contribution is 0.122. The number of aromatic nitrogens is 1. The Kier molecular flexibility index (Phi) is 5.09. The smallest absolute Gasteiger partial charge is 0.0564 e. The first-order chi connectivity index (χ1) is 10.3. The molecule has 0 amide bonds. The molecule has 1 aliphatic heterocycles. The maximum Gasteiger partial charge on any atom is 0.0564 e. The molecule has 0 atom stereocenters. The molecule has 116 valence electrons. The minimum Gasteiger partial charge on any atom is -0.385 e. The maximum absolute atomic E-state index is 4.52. The SMILES string of the molecule is CCCNc1ccnc(CN2CCN(CC3CC3)CC2)c1. The van der Waals surface area contributed by atoms with Crippen LogP contribution in [0.4, 0.5) is 5.69 Å². The van der Waals surface area contributed by atoms with E-state index in [0.717, 1.165) is 25.4 Å². The molecule has 21 heavy (non-hydrogen) atoms. The first-order valence-corrected chi connectivity index (χ1v) is 8.47. The van der Waals surface area contributed by atoms with Crippen molar-refractivity contribution in [2.75, 3.05) is 44.6 Å². The van der Waals surface area contributed by atoms with E-state index in [1.54, 1.807) is 0 Å². The van der Waals surface area contributed by atoms with Gasteiger partial charge in [0.1, 0.15) is 0 Å². The molecule has 1 N–H and O–H groups in total. The van der Waals surface area contributed by atoms with Gasteiger partial charge < -0.3 is 10.2 Å². The van der Waals surface area contributed by atoms with Crippen molar-refractivity contribution < 1.29 is 0 Å². The first-order valence-electron chi connectivity index (χ1n) is 8.47. The average Bonchev–Trinajstić information content (AvgIpc) is 3.32. The number of pyridine rings is 1. The Hall–Kier alpha value is -1.13. The monoisotopic (exact) mass is 288 g/mol. The standard InChI is InChI=1S/C17H28N4/c1-2-6-18-16-5-7-19-17(12-16)14-21-10-8-20(9-11-21)13-15-3-4-15/h5,7,12,15H,2-4,6,8-11,13-14H2,1H3,(H,18,19). The predicted molar refractivity (Wildman–Crippen MR) is 87.5 cm³/mol. The average molecular weight is 288 g/mol. The van der Waals surface area contributed by atoms with E-state index >= 15 is 0 Å². The second-order valence-corrected chi connectivity index (χ2v) is 6.48. The normalized spacial score (nSPS) is 20.6. The van der Waals surface area contributed by atoms with Crippen molar-refractivity contribution in [3.63, 3.8) is 0 Å². The lowest BCUT2D eigenvalue weighted by Crippen LogP contribution is -2.46. The summed E-state index contributed by atoms with van der Waals surface area (Å²) in [7, 11) is 0. The minimum absolute atomic E-state index is 0.985. The summed E-state index contributed by atoms with van der Waals surface area (Å²) >= 11 is 0. The Morgan fingerprint density at radius 1 is 1.19 bits per heavy atom. The Balaban J connectivity index is 1.45. The quantitative estimate of drug-likeness (QED) is 0.835. The van der Waals surface area contributed by atoms with Crippen molar-refractivity contribution in [2.24, 2.45) is 5.92 Å². The molecule has 0 unspecified atom stereocenters. The van der Waals surface area contributed by atoms with E-state index < -0.39 is 0 Å². The number of hydrogen-bond donors (Lipinski definition) is 1. The molecule has 2 heterocycles. The van der Waals surface area contributed by atoms with Crippen LogP contribution in [-0.2, 0) is 6.54 Å². The molecule has 1 saturated heterocycles. The number of hydrogen-bond acceptors (Lipinski definition) is 4. The van der Waals surface area contributed by atoms with Crippen LogP contribution in [0.1, 0.15) is 31.9 Å². The van der Waals surface area contributed by atoms with Gasteiger partial charge in [-0.2, -0.15) is 0 Å². The van der Waals surface area contributed by atoms with Crippen LogP contribution in [0, 0.1) is 5.92 Å². The summed E-state index contributed by atoms with van der Waals surface area (Å²) < 4.78 is 0. The second-order valence-electron chi connectivity index (χ2n) is 6.48. The number of rotatable bonds is 7. The number of nitrogens with one attached hydrogen (secondary N) is 1. The number of piperazine rings is 1. The molecule has 1 aliphatic carbocycles. The summed E-state index contributed by atoms with van der Waals surface area (Å²) in [6, 6.07) is 4.26. The van der Waals surface area contributed by atoms with Gasteiger partial charge in [-0.3, -0.25) is 9.88 Å². The summed E-state index contributed by atoms with van der Waals surface area (Å²) in [6.07, 6.45) is 6.00. The molecular weight excluding hydrogens is 260 g/mol. The van der Waals surface area contributed by atoms with Gasteiger partial charge in [0, 0.05) is 57.7 Å². The van der Waals surface area contributed by atoms with Crippen molar-refractivity contribution in [1.29, 1.82) is 0 Å². The van der Waals surface area contributed by atoms with Crippen molar-refractivity contribution in [3.05, 3.63) is 24.0 Å². The maximum atomic E-state index is 4.52. The van der Waals surface area contributed by atoms with Crippen LogP contribution in [0.2, 0.25) is 0 Å². The van der Waals surface area contributed by atoms with Crippen LogP contribution >= 0.6 is 0 Å². The third-order valence-corrected chi connectivity index (χ3v) is 4.46. The van der Waals surface area contributed by atoms with Gasteiger partial charge in [-0.25, -0.2) is 0 Å². The van der Waals surface area contributed by atoms with Gasteiger partial charge in [-0.05, 0) is 37.3 Å². The summed E-state index contributed by atoms with van der Waals surface area (Å²) in [5.41, 5.74) is 2.39. The van der Waals surface area contributed by atoms with Crippen LogP contribution in [0.3, 0.4) is 0 Å². The van der Waals surface area contributed by atoms with Crippen LogP contribution < -0.4 is 5.32 Å². The molecule has 3 rings (SSSR count). The highest BCUT2D eigenvalue weighted by atomic mass is 15.3. The Labute approximate surface area is 128 Å². The molecule has 4 heteroatoms. The lowest BCUT2D eigenvalue weighted by atomic mass is 10.2. The van der Waals surface area contributed by atoms with E-state index in [1.807, 2.05) is 6.20 Å². The Morgan fingerprint density at radius 2 is 1.95 bits per heavy atom.